The molecule has 0 spiro atoms. The van der Waals surface area contributed by atoms with Gasteiger partial charge in [-0.2, -0.15) is 0 Å². The van der Waals surface area contributed by atoms with Crippen LogP contribution in [0.25, 0.3) is 5.76 Å². The van der Waals surface area contributed by atoms with E-state index in [1.54, 1.807) is 56.3 Å². The molecule has 1 aromatic carbocycles. The number of aromatic nitrogens is 2. The van der Waals surface area contributed by atoms with Gasteiger partial charge < -0.3 is 14.6 Å². The second kappa shape index (κ2) is 10.5. The Balaban J connectivity index is 1.86. The van der Waals surface area contributed by atoms with Gasteiger partial charge in [0.2, 0.25) is 0 Å². The second-order valence-electron chi connectivity index (χ2n) is 7.71. The van der Waals surface area contributed by atoms with Crippen LogP contribution in [-0.4, -0.2) is 45.9 Å². The molecule has 1 aliphatic heterocycles. The summed E-state index contributed by atoms with van der Waals surface area (Å²) in [7, 11) is 0. The van der Waals surface area contributed by atoms with Gasteiger partial charge in [-0.1, -0.05) is 36.1 Å². The molecule has 0 saturated carbocycles. The highest BCUT2D eigenvalue weighted by Crippen LogP contribution is 2.44. The molecule has 2 aromatic heterocycles. The molecule has 1 aliphatic rings. The molecule has 0 bridgehead atoms. The normalized spacial score (nSPS) is 16.7. The standard InChI is InChI=1S/C26H23N3O6S/c1-4-14-35-18-8-6-16(7-9-18)20-19(21(30)17-10-12-27-13-11-17)22(31)24(32)29(20)26-28-15(3)23(36-26)25(33)34-5-2/h4,6-13,20,30H,1,5,14H2,2-3H3/b21-19+. The molecule has 1 N–H and O–H groups in total. The van der Waals surface area contributed by atoms with E-state index in [0.29, 0.717) is 29.2 Å². The van der Waals surface area contributed by atoms with Crippen molar-refractivity contribution in [3.8, 4) is 5.75 Å². The topological polar surface area (TPSA) is 119 Å². The molecule has 1 fully saturated rings. The number of anilines is 1. The van der Waals surface area contributed by atoms with Gasteiger partial charge in [-0.3, -0.25) is 19.5 Å². The Kier molecular flexibility index (Phi) is 7.25. The van der Waals surface area contributed by atoms with Crippen LogP contribution in [0, 0.1) is 6.92 Å². The van der Waals surface area contributed by atoms with E-state index in [9.17, 15) is 19.5 Å². The Hall–Kier alpha value is -4.31. The number of benzene rings is 1. The van der Waals surface area contributed by atoms with E-state index in [-0.39, 0.29) is 27.9 Å². The maximum Gasteiger partial charge on any atom is 0.350 e. The first kappa shape index (κ1) is 24.8. The Bertz CT molecular complexity index is 1350. The van der Waals surface area contributed by atoms with Gasteiger partial charge in [-0.05, 0) is 43.7 Å². The van der Waals surface area contributed by atoms with Crippen molar-refractivity contribution in [1.29, 1.82) is 0 Å². The van der Waals surface area contributed by atoms with Crippen LogP contribution in [0.2, 0.25) is 0 Å². The summed E-state index contributed by atoms with van der Waals surface area (Å²) in [5.41, 5.74) is 1.15. The van der Waals surface area contributed by atoms with Gasteiger partial charge in [0, 0.05) is 18.0 Å². The van der Waals surface area contributed by atoms with Gasteiger partial charge in [0.15, 0.2) is 5.13 Å². The number of amides is 1. The number of aryl methyl sites for hydroxylation is 1. The molecule has 4 rings (SSSR count). The third-order valence-corrected chi connectivity index (χ3v) is 6.55. The van der Waals surface area contributed by atoms with E-state index in [0.717, 1.165) is 11.3 Å². The molecule has 1 amide bonds. The van der Waals surface area contributed by atoms with E-state index in [2.05, 4.69) is 16.5 Å². The predicted molar refractivity (Wildman–Crippen MR) is 134 cm³/mol. The molecule has 3 aromatic rings. The predicted octanol–water partition coefficient (Wildman–Crippen LogP) is 4.21. The molecule has 36 heavy (non-hydrogen) atoms. The number of Topliss-reactive ketones (excluding diaryl/α,β-unsaturated/α-hetero) is 1. The molecule has 0 aliphatic carbocycles. The fraction of sp³-hybridized carbons (Fsp3) is 0.192. The van der Waals surface area contributed by atoms with Crippen molar-refractivity contribution in [2.24, 2.45) is 0 Å². The lowest BCUT2D eigenvalue weighted by atomic mass is 9.95. The summed E-state index contributed by atoms with van der Waals surface area (Å²) < 4.78 is 10.6. The van der Waals surface area contributed by atoms with Crippen LogP contribution < -0.4 is 9.64 Å². The van der Waals surface area contributed by atoms with E-state index in [4.69, 9.17) is 9.47 Å². The number of esters is 1. The fourth-order valence-corrected chi connectivity index (χ4v) is 4.77. The Morgan fingerprint density at radius 1 is 1.19 bits per heavy atom. The molecule has 0 radical (unpaired) electrons. The van der Waals surface area contributed by atoms with Crippen molar-refractivity contribution in [1.82, 2.24) is 9.97 Å². The number of rotatable bonds is 8. The first-order valence-corrected chi connectivity index (χ1v) is 11.9. The highest BCUT2D eigenvalue weighted by Gasteiger charge is 2.48. The molecule has 9 nitrogen and oxygen atoms in total. The van der Waals surface area contributed by atoms with Gasteiger partial charge in [0.25, 0.3) is 5.78 Å². The smallest absolute Gasteiger partial charge is 0.350 e. The molecule has 184 valence electrons. The summed E-state index contributed by atoms with van der Waals surface area (Å²) in [5.74, 6) is -2.07. The van der Waals surface area contributed by atoms with Crippen molar-refractivity contribution in [2.75, 3.05) is 18.1 Å². The van der Waals surface area contributed by atoms with Crippen LogP contribution in [-0.2, 0) is 14.3 Å². The molecule has 1 atom stereocenters. The zero-order valence-electron chi connectivity index (χ0n) is 19.6. The van der Waals surface area contributed by atoms with Gasteiger partial charge in [0.1, 0.15) is 23.0 Å². The number of pyridine rings is 1. The number of ketones is 1. The third-order valence-electron chi connectivity index (χ3n) is 5.41. The summed E-state index contributed by atoms with van der Waals surface area (Å²) >= 11 is 0.950. The van der Waals surface area contributed by atoms with Gasteiger partial charge in [-0.25, -0.2) is 9.78 Å². The van der Waals surface area contributed by atoms with Crippen LogP contribution >= 0.6 is 11.3 Å². The zero-order valence-corrected chi connectivity index (χ0v) is 20.4. The molecule has 10 heteroatoms. The van der Waals surface area contributed by atoms with Crippen molar-refractivity contribution >= 4 is 39.9 Å². The number of aliphatic hydroxyl groups is 1. The second-order valence-corrected chi connectivity index (χ2v) is 8.68. The molecule has 3 heterocycles. The van der Waals surface area contributed by atoms with E-state index >= 15 is 0 Å². The Labute approximate surface area is 211 Å². The number of ether oxygens (including phenoxy) is 2. The minimum atomic E-state index is -0.993. The van der Waals surface area contributed by atoms with Crippen LogP contribution in [0.4, 0.5) is 5.13 Å². The maximum absolute atomic E-state index is 13.3. The maximum atomic E-state index is 13.3. The van der Waals surface area contributed by atoms with Gasteiger partial charge >= 0.3 is 11.9 Å². The highest BCUT2D eigenvalue weighted by molar-refractivity contribution is 7.17. The van der Waals surface area contributed by atoms with Crippen molar-refractivity contribution in [3.05, 3.63) is 88.7 Å². The number of nitrogens with zero attached hydrogens (tertiary/aromatic N) is 3. The average molecular weight is 506 g/mol. The minimum Gasteiger partial charge on any atom is -0.507 e. The highest BCUT2D eigenvalue weighted by atomic mass is 32.1. The first-order chi connectivity index (χ1) is 17.4. The lowest BCUT2D eigenvalue weighted by molar-refractivity contribution is -0.132. The molecular weight excluding hydrogens is 482 g/mol. The number of hydrogen-bond acceptors (Lipinski definition) is 9. The van der Waals surface area contributed by atoms with E-state index in [1.807, 2.05) is 0 Å². The van der Waals surface area contributed by atoms with Crippen molar-refractivity contribution in [3.63, 3.8) is 0 Å². The summed E-state index contributed by atoms with van der Waals surface area (Å²) in [6, 6.07) is 8.89. The molecular formula is C26H23N3O6S. The number of carbonyl (C=O) groups is 3. The Morgan fingerprint density at radius 3 is 2.53 bits per heavy atom. The fourth-order valence-electron chi connectivity index (χ4n) is 3.78. The summed E-state index contributed by atoms with van der Waals surface area (Å²) in [5, 5.41) is 11.3. The van der Waals surface area contributed by atoms with E-state index in [1.165, 1.54) is 17.3 Å². The summed E-state index contributed by atoms with van der Waals surface area (Å²) in [4.78, 5) is 48.7. The quantitative estimate of drug-likeness (QED) is 0.159. The molecule has 1 unspecified atom stereocenters. The number of thiazole rings is 1. The first-order valence-electron chi connectivity index (χ1n) is 11.1. The van der Waals surface area contributed by atoms with Crippen molar-refractivity contribution in [2.45, 2.75) is 19.9 Å². The largest absolute Gasteiger partial charge is 0.507 e. The summed E-state index contributed by atoms with van der Waals surface area (Å²) in [6.07, 6.45) is 4.56. The van der Waals surface area contributed by atoms with Crippen LogP contribution in [0.15, 0.2) is 67.0 Å². The lowest BCUT2D eigenvalue weighted by Crippen LogP contribution is -2.29. The monoisotopic (exact) mass is 505 g/mol. The Morgan fingerprint density at radius 2 is 1.89 bits per heavy atom. The summed E-state index contributed by atoms with van der Waals surface area (Å²) in [6.45, 7) is 7.44. The van der Waals surface area contributed by atoms with Gasteiger partial charge in [0.05, 0.1) is 23.9 Å². The number of aliphatic hydroxyl groups excluding tert-OH is 1. The molecule has 1 saturated heterocycles. The van der Waals surface area contributed by atoms with Crippen LogP contribution in [0.5, 0.6) is 5.75 Å². The van der Waals surface area contributed by atoms with Crippen molar-refractivity contribution < 1.29 is 29.0 Å². The van der Waals surface area contributed by atoms with Crippen LogP contribution in [0.3, 0.4) is 0 Å². The number of carbonyl (C=O) groups excluding carboxylic acids is 3. The number of hydrogen-bond donors (Lipinski definition) is 1. The van der Waals surface area contributed by atoms with Gasteiger partial charge in [-0.15, -0.1) is 0 Å². The van der Waals surface area contributed by atoms with E-state index < -0.39 is 23.7 Å². The minimum absolute atomic E-state index is 0.100. The van der Waals surface area contributed by atoms with Crippen LogP contribution in [0.1, 0.15) is 39.5 Å². The lowest BCUT2D eigenvalue weighted by Gasteiger charge is -2.23. The zero-order chi connectivity index (χ0) is 25.8. The third kappa shape index (κ3) is 4.63. The SMILES string of the molecule is C=CCOc1ccc(C2/C(=C(\O)c3ccncc3)C(=O)C(=O)N2c2nc(C)c(C(=O)OCC)s2)cc1. The average Bonchev–Trinajstić information content (AvgIpc) is 3.40.